The Morgan fingerprint density at radius 1 is 1.25 bits per heavy atom. The second-order valence-electron chi connectivity index (χ2n) is 6.40. The zero-order valence-electron chi connectivity index (χ0n) is 13.5. The van der Waals surface area contributed by atoms with E-state index in [-0.39, 0.29) is 17.5 Å². The number of quaternary nitrogens is 1. The third-order valence-electron chi connectivity index (χ3n) is 5.01. The molecule has 0 aliphatic carbocycles. The molecular formula is C17H19N4O3+. The number of benzene rings is 1. The summed E-state index contributed by atoms with van der Waals surface area (Å²) in [4.78, 5) is 30.9. The first-order valence-corrected chi connectivity index (χ1v) is 7.93. The predicted molar refractivity (Wildman–Crippen MR) is 89.6 cm³/mol. The molecule has 124 valence electrons. The molecule has 4 N–H and O–H groups in total. The Bertz CT molecular complexity index is 1060. The normalized spacial score (nSPS) is 20.2. The van der Waals surface area contributed by atoms with Gasteiger partial charge in [-0.2, -0.15) is 0 Å². The minimum absolute atomic E-state index is 0.224. The van der Waals surface area contributed by atoms with Gasteiger partial charge in [0.15, 0.2) is 6.04 Å². The average Bonchev–Trinajstić information content (AvgIpc) is 2.93. The third kappa shape index (κ3) is 1.94. The molecule has 1 unspecified atom stereocenters. The van der Waals surface area contributed by atoms with Crippen molar-refractivity contribution in [1.82, 2.24) is 14.5 Å². The Kier molecular flexibility index (Phi) is 3.14. The second-order valence-corrected chi connectivity index (χ2v) is 6.40. The first-order valence-electron chi connectivity index (χ1n) is 7.93. The van der Waals surface area contributed by atoms with Gasteiger partial charge in [-0.3, -0.25) is 14.3 Å². The summed E-state index contributed by atoms with van der Waals surface area (Å²) in [5, 5.41) is 11.6. The van der Waals surface area contributed by atoms with E-state index in [1.807, 2.05) is 25.2 Å². The van der Waals surface area contributed by atoms with Gasteiger partial charge in [0, 0.05) is 24.4 Å². The molecular weight excluding hydrogens is 308 g/mol. The van der Waals surface area contributed by atoms with Crippen LogP contribution in [0.1, 0.15) is 22.9 Å². The Balaban J connectivity index is 2.03. The number of hydrogen-bond acceptors (Lipinski definition) is 3. The van der Waals surface area contributed by atoms with Crippen molar-refractivity contribution in [2.75, 3.05) is 13.6 Å². The van der Waals surface area contributed by atoms with E-state index in [1.54, 1.807) is 0 Å². The van der Waals surface area contributed by atoms with Crippen LogP contribution in [0.5, 0.6) is 5.88 Å². The van der Waals surface area contributed by atoms with Crippen molar-refractivity contribution in [2.45, 2.75) is 12.5 Å². The van der Waals surface area contributed by atoms with Gasteiger partial charge < -0.3 is 15.0 Å². The molecule has 4 rings (SSSR count). The second kappa shape index (κ2) is 5.10. The standard InChI is InChI=1S/C17H18N4O3/c1-20-8-7-10-9-5-3-4-6-11(9)18-13(10)14(20)12-15(22)19-17(24)21(2)16(12)23/h3-6,14,18,23H,7-8H2,1-2H3,(H,19,22,24)/p+1/t14-/m0/s1. The highest BCUT2D eigenvalue weighted by Crippen LogP contribution is 2.32. The summed E-state index contributed by atoms with van der Waals surface area (Å²) in [5.41, 5.74) is 2.19. The molecule has 1 aliphatic heterocycles. The van der Waals surface area contributed by atoms with Gasteiger partial charge in [-0.1, -0.05) is 18.2 Å². The van der Waals surface area contributed by atoms with Crippen LogP contribution in [0.15, 0.2) is 33.9 Å². The lowest BCUT2D eigenvalue weighted by Crippen LogP contribution is -3.10. The van der Waals surface area contributed by atoms with Crippen LogP contribution in [-0.2, 0) is 13.5 Å². The van der Waals surface area contributed by atoms with Gasteiger partial charge in [0.05, 0.1) is 19.3 Å². The highest BCUT2D eigenvalue weighted by atomic mass is 16.3. The molecule has 7 nitrogen and oxygen atoms in total. The molecule has 1 aliphatic rings. The Labute approximate surface area is 137 Å². The largest absolute Gasteiger partial charge is 0.494 e. The van der Waals surface area contributed by atoms with Crippen LogP contribution in [0, 0.1) is 0 Å². The van der Waals surface area contributed by atoms with Crippen molar-refractivity contribution in [1.29, 1.82) is 0 Å². The Hall–Kier alpha value is -2.80. The van der Waals surface area contributed by atoms with Crippen LogP contribution in [-0.4, -0.2) is 33.2 Å². The maximum absolute atomic E-state index is 12.4. The number of aromatic amines is 2. The third-order valence-corrected chi connectivity index (χ3v) is 5.01. The van der Waals surface area contributed by atoms with Crippen molar-refractivity contribution >= 4 is 10.9 Å². The summed E-state index contributed by atoms with van der Waals surface area (Å²) in [6.07, 6.45) is 0.895. The zero-order valence-corrected chi connectivity index (χ0v) is 13.5. The number of H-pyrrole nitrogens is 2. The van der Waals surface area contributed by atoms with E-state index in [4.69, 9.17) is 0 Å². The number of para-hydroxylation sites is 1. The summed E-state index contributed by atoms with van der Waals surface area (Å²) in [5.74, 6) is -0.278. The van der Waals surface area contributed by atoms with Crippen molar-refractivity contribution in [3.8, 4) is 5.88 Å². The molecule has 2 atom stereocenters. The number of aromatic hydroxyl groups is 1. The molecule has 24 heavy (non-hydrogen) atoms. The number of fused-ring (bicyclic) bond motifs is 3. The van der Waals surface area contributed by atoms with E-state index >= 15 is 0 Å². The van der Waals surface area contributed by atoms with Crippen LogP contribution < -0.4 is 16.1 Å². The number of likely N-dealkylation sites (N-methyl/N-ethyl adjacent to an activating group) is 1. The Morgan fingerprint density at radius 2 is 2.00 bits per heavy atom. The lowest BCUT2D eigenvalue weighted by atomic mass is 9.94. The van der Waals surface area contributed by atoms with E-state index in [9.17, 15) is 14.7 Å². The molecule has 1 aromatic carbocycles. The SMILES string of the molecule is Cn1c(O)c([C@H]2c3[nH]c4ccccc4c3CC[NH+]2C)c(=O)[nH]c1=O. The van der Waals surface area contributed by atoms with Crippen LogP contribution >= 0.6 is 0 Å². The van der Waals surface area contributed by atoms with Crippen molar-refractivity contribution in [3.63, 3.8) is 0 Å². The average molecular weight is 327 g/mol. The van der Waals surface area contributed by atoms with E-state index in [2.05, 4.69) is 16.0 Å². The summed E-state index contributed by atoms with van der Waals surface area (Å²) >= 11 is 0. The predicted octanol–water partition coefficient (Wildman–Crippen LogP) is -0.579. The van der Waals surface area contributed by atoms with Crippen LogP contribution in [0.25, 0.3) is 10.9 Å². The fourth-order valence-electron chi connectivity index (χ4n) is 3.73. The van der Waals surface area contributed by atoms with Crippen LogP contribution in [0.3, 0.4) is 0 Å². The lowest BCUT2D eigenvalue weighted by molar-refractivity contribution is -0.908. The number of hydrogen-bond donors (Lipinski definition) is 4. The molecule has 0 bridgehead atoms. The van der Waals surface area contributed by atoms with E-state index in [0.29, 0.717) is 0 Å². The highest BCUT2D eigenvalue weighted by molar-refractivity contribution is 5.85. The van der Waals surface area contributed by atoms with Gasteiger partial charge in [-0.05, 0) is 11.6 Å². The first kappa shape index (κ1) is 14.8. The topological polar surface area (TPSA) is 95.3 Å². The van der Waals surface area contributed by atoms with Crippen LogP contribution in [0.2, 0.25) is 0 Å². The summed E-state index contributed by atoms with van der Waals surface area (Å²) in [7, 11) is 3.44. The molecule has 3 heterocycles. The molecule has 0 radical (unpaired) electrons. The monoisotopic (exact) mass is 327 g/mol. The minimum atomic E-state index is -0.619. The van der Waals surface area contributed by atoms with Gasteiger partial charge in [-0.15, -0.1) is 0 Å². The molecule has 0 spiro atoms. The number of rotatable bonds is 1. The van der Waals surface area contributed by atoms with E-state index in [0.717, 1.165) is 39.0 Å². The van der Waals surface area contributed by atoms with Crippen molar-refractivity contribution < 1.29 is 10.0 Å². The van der Waals surface area contributed by atoms with Crippen LogP contribution in [0.4, 0.5) is 0 Å². The van der Waals surface area contributed by atoms with Crippen molar-refractivity contribution in [3.05, 3.63) is 61.9 Å². The number of nitrogens with zero attached hydrogens (tertiary/aromatic N) is 1. The summed E-state index contributed by atoms with van der Waals surface area (Å²) in [6.45, 7) is 0.835. The van der Waals surface area contributed by atoms with Gasteiger partial charge >= 0.3 is 5.69 Å². The first-order chi connectivity index (χ1) is 11.5. The number of aromatic nitrogens is 3. The van der Waals surface area contributed by atoms with E-state index < -0.39 is 11.2 Å². The quantitative estimate of drug-likeness (QED) is 0.482. The maximum Gasteiger partial charge on any atom is 0.330 e. The molecule has 2 aromatic heterocycles. The van der Waals surface area contributed by atoms with Crippen molar-refractivity contribution in [2.24, 2.45) is 7.05 Å². The number of nitrogens with one attached hydrogen (secondary N) is 3. The van der Waals surface area contributed by atoms with Gasteiger partial charge in [0.1, 0.15) is 5.56 Å². The minimum Gasteiger partial charge on any atom is -0.494 e. The summed E-state index contributed by atoms with van der Waals surface area (Å²) in [6, 6.07) is 7.68. The molecule has 7 heteroatoms. The van der Waals surface area contributed by atoms with Gasteiger partial charge in [0.2, 0.25) is 5.88 Å². The molecule has 0 saturated heterocycles. The van der Waals surface area contributed by atoms with Gasteiger partial charge in [0.25, 0.3) is 5.56 Å². The zero-order chi connectivity index (χ0) is 17.0. The summed E-state index contributed by atoms with van der Waals surface area (Å²) < 4.78 is 1.07. The molecule has 0 saturated carbocycles. The van der Waals surface area contributed by atoms with E-state index in [1.165, 1.54) is 12.6 Å². The maximum atomic E-state index is 12.4. The highest BCUT2D eigenvalue weighted by Gasteiger charge is 2.37. The molecule has 0 fully saturated rings. The fourth-order valence-corrected chi connectivity index (χ4v) is 3.73. The molecule has 0 amide bonds. The van der Waals surface area contributed by atoms with Gasteiger partial charge in [-0.25, -0.2) is 4.79 Å². The Morgan fingerprint density at radius 3 is 2.79 bits per heavy atom. The smallest absolute Gasteiger partial charge is 0.330 e. The lowest BCUT2D eigenvalue weighted by Gasteiger charge is -2.29. The molecule has 3 aromatic rings. The fraction of sp³-hybridized carbons (Fsp3) is 0.294.